The Morgan fingerprint density at radius 1 is 1.42 bits per heavy atom. The average molecular weight is 324 g/mol. The van der Waals surface area contributed by atoms with E-state index in [0.29, 0.717) is 6.54 Å². The minimum absolute atomic E-state index is 0.280. The van der Waals surface area contributed by atoms with Crippen LogP contribution in [0, 0.1) is 5.92 Å². The van der Waals surface area contributed by atoms with Crippen molar-refractivity contribution in [2.24, 2.45) is 5.92 Å². The lowest BCUT2D eigenvalue weighted by Gasteiger charge is -2.18. The van der Waals surface area contributed by atoms with Crippen LogP contribution in [0.2, 0.25) is 0 Å². The van der Waals surface area contributed by atoms with E-state index in [4.69, 9.17) is 0 Å². The second kappa shape index (κ2) is 6.30. The van der Waals surface area contributed by atoms with E-state index in [2.05, 4.69) is 38.1 Å². The minimum atomic E-state index is -0.358. The highest BCUT2D eigenvalue weighted by Crippen LogP contribution is 2.22. The van der Waals surface area contributed by atoms with Crippen molar-refractivity contribution < 1.29 is 5.11 Å². The van der Waals surface area contributed by atoms with Crippen LogP contribution in [0.5, 0.6) is 0 Å². The van der Waals surface area contributed by atoms with Crippen molar-refractivity contribution in [3.63, 3.8) is 0 Å². The fourth-order valence-corrected chi connectivity index (χ4v) is 2.16. The predicted molar refractivity (Wildman–Crippen MR) is 81.2 cm³/mol. The van der Waals surface area contributed by atoms with Crippen molar-refractivity contribution in [2.75, 3.05) is 11.9 Å². The first-order valence-corrected chi connectivity index (χ1v) is 7.23. The van der Waals surface area contributed by atoms with Gasteiger partial charge in [0.1, 0.15) is 5.52 Å². The standard InChI is InChI=1S/C14H18BrN3O/c1-3-9(2)13(19)8-17-11-4-5-16-12-6-10(15)7-18-14(11)12/h4-7,9,13,19H,3,8H2,1-2H3,(H,16,17). The molecule has 2 atom stereocenters. The monoisotopic (exact) mass is 323 g/mol. The molecule has 2 aromatic heterocycles. The van der Waals surface area contributed by atoms with Crippen LogP contribution >= 0.6 is 15.9 Å². The number of rotatable bonds is 5. The molecule has 0 spiro atoms. The molecule has 0 saturated carbocycles. The molecule has 2 unspecified atom stereocenters. The van der Waals surface area contributed by atoms with Gasteiger partial charge in [0.05, 0.1) is 17.3 Å². The zero-order valence-electron chi connectivity index (χ0n) is 11.1. The fourth-order valence-electron chi connectivity index (χ4n) is 1.84. The Morgan fingerprint density at radius 2 is 2.21 bits per heavy atom. The SMILES string of the molecule is CCC(C)C(O)CNc1ccnc2cc(Br)cnc12. The highest BCUT2D eigenvalue weighted by molar-refractivity contribution is 9.10. The molecule has 102 valence electrons. The van der Waals surface area contributed by atoms with E-state index in [1.807, 2.05) is 19.1 Å². The Bertz CT molecular complexity index is 561. The van der Waals surface area contributed by atoms with Gasteiger partial charge >= 0.3 is 0 Å². The van der Waals surface area contributed by atoms with Gasteiger partial charge in [0, 0.05) is 23.4 Å². The lowest BCUT2D eigenvalue weighted by molar-refractivity contribution is 0.126. The quantitative estimate of drug-likeness (QED) is 0.887. The second-order valence-corrected chi connectivity index (χ2v) is 5.63. The molecule has 19 heavy (non-hydrogen) atoms. The molecule has 0 radical (unpaired) electrons. The van der Waals surface area contributed by atoms with E-state index in [9.17, 15) is 5.11 Å². The van der Waals surface area contributed by atoms with Gasteiger partial charge in [-0.1, -0.05) is 20.3 Å². The molecule has 4 nitrogen and oxygen atoms in total. The molecule has 2 aromatic rings. The molecular weight excluding hydrogens is 306 g/mol. The highest BCUT2D eigenvalue weighted by Gasteiger charge is 2.12. The van der Waals surface area contributed by atoms with E-state index in [1.54, 1.807) is 12.4 Å². The minimum Gasteiger partial charge on any atom is -0.391 e. The molecule has 5 heteroatoms. The van der Waals surface area contributed by atoms with Crippen molar-refractivity contribution in [1.82, 2.24) is 9.97 Å². The van der Waals surface area contributed by atoms with Crippen LogP contribution in [0.15, 0.2) is 29.0 Å². The molecule has 0 aliphatic heterocycles. The summed E-state index contributed by atoms with van der Waals surface area (Å²) < 4.78 is 0.907. The smallest absolute Gasteiger partial charge is 0.112 e. The molecule has 2 heterocycles. The van der Waals surface area contributed by atoms with Gasteiger partial charge in [-0.15, -0.1) is 0 Å². The molecule has 0 fully saturated rings. The van der Waals surface area contributed by atoms with Gasteiger partial charge in [0.2, 0.25) is 0 Å². The van der Waals surface area contributed by atoms with Crippen LogP contribution < -0.4 is 5.32 Å². The number of pyridine rings is 2. The highest BCUT2D eigenvalue weighted by atomic mass is 79.9. The average Bonchev–Trinajstić information content (AvgIpc) is 2.43. The number of hydrogen-bond donors (Lipinski definition) is 2. The number of nitrogens with zero attached hydrogens (tertiary/aromatic N) is 2. The van der Waals surface area contributed by atoms with E-state index in [0.717, 1.165) is 27.6 Å². The third kappa shape index (κ3) is 3.42. The lowest BCUT2D eigenvalue weighted by atomic mass is 10.0. The maximum atomic E-state index is 9.99. The third-order valence-corrected chi connectivity index (χ3v) is 3.78. The number of halogens is 1. The number of aliphatic hydroxyl groups is 1. The number of aliphatic hydroxyl groups excluding tert-OH is 1. The van der Waals surface area contributed by atoms with E-state index in [1.165, 1.54) is 0 Å². The van der Waals surface area contributed by atoms with Crippen LogP contribution in [0.3, 0.4) is 0 Å². The van der Waals surface area contributed by atoms with Crippen molar-refractivity contribution in [3.8, 4) is 0 Å². The van der Waals surface area contributed by atoms with Gasteiger partial charge in [0.15, 0.2) is 0 Å². The van der Waals surface area contributed by atoms with Crippen molar-refractivity contribution in [3.05, 3.63) is 29.0 Å². The number of fused-ring (bicyclic) bond motifs is 1. The summed E-state index contributed by atoms with van der Waals surface area (Å²) in [6.45, 7) is 4.65. The molecule has 0 aromatic carbocycles. The largest absolute Gasteiger partial charge is 0.391 e. The van der Waals surface area contributed by atoms with Crippen molar-refractivity contribution in [1.29, 1.82) is 0 Å². The first-order chi connectivity index (χ1) is 9.11. The molecule has 0 bridgehead atoms. The summed E-state index contributed by atoms with van der Waals surface area (Å²) in [4.78, 5) is 8.66. The number of anilines is 1. The van der Waals surface area contributed by atoms with Crippen LogP contribution in [0.4, 0.5) is 5.69 Å². The lowest BCUT2D eigenvalue weighted by Crippen LogP contribution is -2.26. The summed E-state index contributed by atoms with van der Waals surface area (Å²) in [5.74, 6) is 0.280. The van der Waals surface area contributed by atoms with Crippen LogP contribution in [0.25, 0.3) is 11.0 Å². The molecule has 2 rings (SSSR count). The van der Waals surface area contributed by atoms with E-state index >= 15 is 0 Å². The second-order valence-electron chi connectivity index (χ2n) is 4.71. The van der Waals surface area contributed by atoms with Gasteiger partial charge in [-0.2, -0.15) is 0 Å². The van der Waals surface area contributed by atoms with E-state index < -0.39 is 0 Å². The normalized spacial score (nSPS) is 14.3. The van der Waals surface area contributed by atoms with Crippen LogP contribution in [-0.2, 0) is 0 Å². The summed E-state index contributed by atoms with van der Waals surface area (Å²) in [5.41, 5.74) is 2.55. The number of aromatic nitrogens is 2. The van der Waals surface area contributed by atoms with Crippen molar-refractivity contribution >= 4 is 32.7 Å². The molecule has 2 N–H and O–H groups in total. The third-order valence-electron chi connectivity index (χ3n) is 3.35. The van der Waals surface area contributed by atoms with Crippen LogP contribution in [-0.4, -0.2) is 27.7 Å². The molecule has 0 saturated heterocycles. The number of nitrogens with one attached hydrogen (secondary N) is 1. The maximum Gasteiger partial charge on any atom is 0.112 e. The number of hydrogen-bond acceptors (Lipinski definition) is 4. The van der Waals surface area contributed by atoms with Gasteiger partial charge in [0.25, 0.3) is 0 Å². The Hall–Kier alpha value is -1.20. The first-order valence-electron chi connectivity index (χ1n) is 6.44. The van der Waals surface area contributed by atoms with Gasteiger partial charge in [-0.25, -0.2) is 0 Å². The fraction of sp³-hybridized carbons (Fsp3) is 0.429. The molecular formula is C14H18BrN3O. The molecule has 0 amide bonds. The summed E-state index contributed by atoms with van der Waals surface area (Å²) in [6.07, 6.45) is 4.10. The zero-order chi connectivity index (χ0) is 13.8. The summed E-state index contributed by atoms with van der Waals surface area (Å²) >= 11 is 3.38. The molecule has 0 aliphatic carbocycles. The Balaban J connectivity index is 2.17. The van der Waals surface area contributed by atoms with Gasteiger partial charge in [-0.05, 0) is 34.0 Å². The van der Waals surface area contributed by atoms with Gasteiger partial charge in [-0.3, -0.25) is 9.97 Å². The maximum absolute atomic E-state index is 9.99. The molecule has 0 aliphatic rings. The first kappa shape index (κ1) is 14.2. The van der Waals surface area contributed by atoms with Gasteiger partial charge < -0.3 is 10.4 Å². The summed E-state index contributed by atoms with van der Waals surface area (Å²) in [5, 5.41) is 13.2. The van der Waals surface area contributed by atoms with E-state index in [-0.39, 0.29) is 12.0 Å². The summed E-state index contributed by atoms with van der Waals surface area (Å²) in [6, 6.07) is 3.81. The van der Waals surface area contributed by atoms with Crippen LogP contribution in [0.1, 0.15) is 20.3 Å². The topological polar surface area (TPSA) is 58.0 Å². The Kier molecular flexibility index (Phi) is 4.71. The predicted octanol–water partition coefficient (Wildman–Crippen LogP) is 3.21. The summed E-state index contributed by atoms with van der Waals surface area (Å²) in [7, 11) is 0. The Morgan fingerprint density at radius 3 is 2.95 bits per heavy atom. The van der Waals surface area contributed by atoms with Crippen molar-refractivity contribution in [2.45, 2.75) is 26.4 Å². The zero-order valence-corrected chi connectivity index (χ0v) is 12.7. The Labute approximate surface area is 121 Å².